The van der Waals surface area contributed by atoms with Crippen molar-refractivity contribution < 1.29 is 9.90 Å². The summed E-state index contributed by atoms with van der Waals surface area (Å²) in [5.41, 5.74) is 1.71. The minimum Gasteiger partial charge on any atom is -0.387 e. The fourth-order valence-corrected chi connectivity index (χ4v) is 4.05. The van der Waals surface area contributed by atoms with Crippen LogP contribution in [0, 0.1) is 6.92 Å². The Morgan fingerprint density at radius 2 is 1.78 bits per heavy atom. The zero-order chi connectivity index (χ0) is 16.3. The number of nitrogens with zero attached hydrogens (tertiary/aromatic N) is 1. The van der Waals surface area contributed by atoms with E-state index in [0.29, 0.717) is 0 Å². The lowest BCUT2D eigenvalue weighted by Gasteiger charge is -2.37. The Morgan fingerprint density at radius 3 is 2.39 bits per heavy atom. The van der Waals surface area contributed by atoms with Gasteiger partial charge < -0.3 is 10.4 Å². The van der Waals surface area contributed by atoms with E-state index in [1.165, 1.54) is 18.4 Å². The molecule has 0 bridgehead atoms. The molecule has 2 N–H and O–H groups in total. The number of rotatable bonds is 5. The molecule has 1 atom stereocenters. The lowest BCUT2D eigenvalue weighted by molar-refractivity contribution is -0.133. The van der Waals surface area contributed by atoms with Gasteiger partial charge in [0.2, 0.25) is 5.91 Å². The molecule has 4 nitrogen and oxygen atoms in total. The van der Waals surface area contributed by atoms with Crippen LogP contribution in [0.1, 0.15) is 55.8 Å². The number of hydrogen-bond donors (Lipinski definition) is 2. The number of nitrogens with one attached hydrogen (secondary N) is 1. The molecule has 1 saturated heterocycles. The number of carbonyl (C=O) groups excluding carboxylic acids is 1. The van der Waals surface area contributed by atoms with Gasteiger partial charge in [-0.15, -0.1) is 0 Å². The minimum absolute atomic E-state index is 0.114. The molecule has 0 spiro atoms. The summed E-state index contributed by atoms with van der Waals surface area (Å²) in [7, 11) is 0. The maximum atomic E-state index is 12.9. The van der Waals surface area contributed by atoms with Gasteiger partial charge in [0, 0.05) is 6.54 Å². The maximum absolute atomic E-state index is 12.9. The number of hydrogen-bond acceptors (Lipinski definition) is 3. The van der Waals surface area contributed by atoms with Gasteiger partial charge in [0.15, 0.2) is 0 Å². The van der Waals surface area contributed by atoms with E-state index in [1.807, 2.05) is 31.2 Å². The molecule has 3 rings (SSSR count). The lowest BCUT2D eigenvalue weighted by atomic mass is 9.94. The van der Waals surface area contributed by atoms with Gasteiger partial charge in [-0.2, -0.15) is 0 Å². The van der Waals surface area contributed by atoms with Crippen LogP contribution >= 0.6 is 0 Å². The van der Waals surface area contributed by atoms with Crippen LogP contribution in [0.3, 0.4) is 0 Å². The second-order valence-corrected chi connectivity index (χ2v) is 7.07. The predicted octanol–water partition coefficient (Wildman–Crippen LogP) is 2.55. The maximum Gasteiger partial charge on any atom is 0.240 e. The fraction of sp³-hybridized carbons (Fsp3) is 0.632. The second-order valence-electron chi connectivity index (χ2n) is 7.07. The molecule has 1 aliphatic carbocycles. The van der Waals surface area contributed by atoms with Gasteiger partial charge in [-0.05, 0) is 51.3 Å². The average Bonchev–Trinajstić information content (AvgIpc) is 3.24. The number of likely N-dealkylation sites (tertiary alicyclic amines) is 1. The molecule has 0 aromatic heterocycles. The molecule has 1 amide bonds. The molecule has 1 unspecified atom stereocenters. The summed E-state index contributed by atoms with van der Waals surface area (Å²) in [5.74, 6) is 0.114. The Bertz CT molecular complexity index is 529. The summed E-state index contributed by atoms with van der Waals surface area (Å²) in [6.45, 7) is 4.39. The summed E-state index contributed by atoms with van der Waals surface area (Å²) < 4.78 is 0. The van der Waals surface area contributed by atoms with Gasteiger partial charge >= 0.3 is 0 Å². The van der Waals surface area contributed by atoms with Crippen molar-refractivity contribution in [1.82, 2.24) is 10.2 Å². The van der Waals surface area contributed by atoms with Crippen molar-refractivity contribution in [3.63, 3.8) is 0 Å². The van der Waals surface area contributed by atoms with Crippen LogP contribution in [-0.2, 0) is 4.79 Å². The molecule has 0 radical (unpaired) electrons. The molecular weight excluding hydrogens is 288 g/mol. The number of aliphatic hydroxyl groups excluding tert-OH is 1. The first-order valence-electron chi connectivity index (χ1n) is 8.90. The molecule has 23 heavy (non-hydrogen) atoms. The second kappa shape index (κ2) is 7.02. The van der Waals surface area contributed by atoms with E-state index in [-0.39, 0.29) is 18.0 Å². The first-order chi connectivity index (χ1) is 11.1. The number of amides is 1. The third-order valence-corrected chi connectivity index (χ3v) is 5.48. The van der Waals surface area contributed by atoms with Crippen LogP contribution in [0.15, 0.2) is 24.3 Å². The van der Waals surface area contributed by atoms with Crippen LogP contribution in [0.5, 0.6) is 0 Å². The topological polar surface area (TPSA) is 52.6 Å². The van der Waals surface area contributed by atoms with Crippen molar-refractivity contribution in [2.75, 3.05) is 19.6 Å². The number of aryl methyl sites for hydroxylation is 1. The quantitative estimate of drug-likeness (QED) is 0.878. The zero-order valence-electron chi connectivity index (χ0n) is 14.1. The molecule has 1 heterocycles. The standard InChI is InChI=1S/C19H28N2O2/c1-15-6-8-16(9-7-15)17(22)14-20-18(23)19(10-2-3-11-19)21-12-4-5-13-21/h6-9,17,22H,2-5,10-14H2,1H3,(H,20,23). The highest BCUT2D eigenvalue weighted by atomic mass is 16.3. The van der Waals surface area contributed by atoms with Crippen molar-refractivity contribution in [1.29, 1.82) is 0 Å². The van der Waals surface area contributed by atoms with E-state index >= 15 is 0 Å². The van der Waals surface area contributed by atoms with Gasteiger partial charge in [-0.3, -0.25) is 9.69 Å². The SMILES string of the molecule is Cc1ccc(C(O)CNC(=O)C2(N3CCCC3)CCCC2)cc1. The van der Waals surface area contributed by atoms with E-state index < -0.39 is 6.10 Å². The highest BCUT2D eigenvalue weighted by molar-refractivity contribution is 5.86. The summed E-state index contributed by atoms with van der Waals surface area (Å²) in [5, 5.41) is 13.3. The molecule has 2 aliphatic rings. The molecule has 1 saturated carbocycles. The highest BCUT2D eigenvalue weighted by Gasteiger charge is 2.46. The Kier molecular flexibility index (Phi) is 5.02. The lowest BCUT2D eigenvalue weighted by Crippen LogP contribution is -2.56. The van der Waals surface area contributed by atoms with E-state index in [0.717, 1.165) is 44.3 Å². The third-order valence-electron chi connectivity index (χ3n) is 5.48. The Balaban J connectivity index is 1.62. The molecule has 4 heteroatoms. The molecular formula is C19H28N2O2. The van der Waals surface area contributed by atoms with Gasteiger partial charge in [0.1, 0.15) is 5.54 Å². The molecule has 1 aromatic rings. The number of benzene rings is 1. The first-order valence-corrected chi connectivity index (χ1v) is 8.90. The van der Waals surface area contributed by atoms with Crippen molar-refractivity contribution >= 4 is 5.91 Å². The highest BCUT2D eigenvalue weighted by Crippen LogP contribution is 2.37. The average molecular weight is 316 g/mol. The summed E-state index contributed by atoms with van der Waals surface area (Å²) >= 11 is 0. The minimum atomic E-state index is -0.642. The summed E-state index contributed by atoms with van der Waals surface area (Å²) in [6, 6.07) is 7.84. The van der Waals surface area contributed by atoms with Gasteiger partial charge in [0.05, 0.1) is 6.10 Å². The van der Waals surface area contributed by atoms with Crippen LogP contribution in [0.2, 0.25) is 0 Å². The largest absolute Gasteiger partial charge is 0.387 e. The summed E-state index contributed by atoms with van der Waals surface area (Å²) in [4.78, 5) is 15.3. The van der Waals surface area contributed by atoms with Crippen molar-refractivity contribution in [2.24, 2.45) is 0 Å². The Hall–Kier alpha value is -1.39. The summed E-state index contributed by atoms with van der Waals surface area (Å²) in [6.07, 6.45) is 5.92. The molecule has 2 fully saturated rings. The third kappa shape index (κ3) is 3.43. The van der Waals surface area contributed by atoms with Gasteiger partial charge in [-0.25, -0.2) is 0 Å². The van der Waals surface area contributed by atoms with Gasteiger partial charge in [0.25, 0.3) is 0 Å². The molecule has 1 aromatic carbocycles. The van der Waals surface area contributed by atoms with Crippen LogP contribution in [-0.4, -0.2) is 41.1 Å². The normalized spacial score (nSPS) is 22.2. The van der Waals surface area contributed by atoms with Crippen LogP contribution in [0.25, 0.3) is 0 Å². The van der Waals surface area contributed by atoms with Crippen molar-refractivity contribution in [2.45, 2.75) is 57.1 Å². The first kappa shape index (κ1) is 16.5. The van der Waals surface area contributed by atoms with E-state index in [9.17, 15) is 9.90 Å². The fourth-order valence-electron chi connectivity index (χ4n) is 4.05. The van der Waals surface area contributed by atoms with Crippen LogP contribution < -0.4 is 5.32 Å². The molecule has 126 valence electrons. The zero-order valence-corrected chi connectivity index (χ0v) is 14.1. The predicted molar refractivity (Wildman–Crippen MR) is 91.2 cm³/mol. The smallest absolute Gasteiger partial charge is 0.240 e. The van der Waals surface area contributed by atoms with Gasteiger partial charge in [-0.1, -0.05) is 42.7 Å². The Labute approximate surface area is 138 Å². The van der Waals surface area contributed by atoms with Crippen molar-refractivity contribution in [3.8, 4) is 0 Å². The van der Waals surface area contributed by atoms with Crippen molar-refractivity contribution in [3.05, 3.63) is 35.4 Å². The molecule has 1 aliphatic heterocycles. The van der Waals surface area contributed by atoms with E-state index in [4.69, 9.17) is 0 Å². The number of aliphatic hydroxyl groups is 1. The number of carbonyl (C=O) groups is 1. The monoisotopic (exact) mass is 316 g/mol. The van der Waals surface area contributed by atoms with Crippen LogP contribution in [0.4, 0.5) is 0 Å². The van der Waals surface area contributed by atoms with E-state index in [1.54, 1.807) is 0 Å². The van der Waals surface area contributed by atoms with E-state index in [2.05, 4.69) is 10.2 Å². The Morgan fingerprint density at radius 1 is 1.17 bits per heavy atom.